The molecule has 19 heavy (non-hydrogen) atoms. The summed E-state index contributed by atoms with van der Waals surface area (Å²) in [5, 5.41) is 3.19. The molecule has 0 atom stereocenters. The minimum Gasteiger partial charge on any atom is -0.488 e. The Balaban J connectivity index is 2.63. The summed E-state index contributed by atoms with van der Waals surface area (Å²) >= 11 is 1.77. The van der Waals surface area contributed by atoms with Gasteiger partial charge in [0.25, 0.3) is 0 Å². The van der Waals surface area contributed by atoms with Gasteiger partial charge in [-0.15, -0.1) is 6.58 Å². The molecular weight excluding hydrogens is 263 g/mol. The van der Waals surface area contributed by atoms with Gasteiger partial charge in [-0.2, -0.15) is 11.8 Å². The molecular formula is C14H21FN2OS. The maximum atomic E-state index is 13.6. The summed E-state index contributed by atoms with van der Waals surface area (Å²) in [4.78, 5) is 0. The summed E-state index contributed by atoms with van der Waals surface area (Å²) in [6.07, 6.45) is 1.79. The molecule has 1 aromatic carbocycles. The van der Waals surface area contributed by atoms with Gasteiger partial charge in [0.2, 0.25) is 0 Å². The van der Waals surface area contributed by atoms with Crippen LogP contribution in [0.2, 0.25) is 0 Å². The first-order valence-corrected chi connectivity index (χ1v) is 7.38. The van der Waals surface area contributed by atoms with Gasteiger partial charge in [-0.05, 0) is 13.8 Å². The molecule has 0 aliphatic carbocycles. The van der Waals surface area contributed by atoms with E-state index in [2.05, 4.69) is 11.9 Å². The van der Waals surface area contributed by atoms with Gasteiger partial charge in [0.1, 0.15) is 0 Å². The van der Waals surface area contributed by atoms with Crippen molar-refractivity contribution in [2.75, 3.05) is 29.1 Å². The Labute approximate surface area is 118 Å². The first-order chi connectivity index (χ1) is 9.04. The lowest BCUT2D eigenvalue weighted by molar-refractivity contribution is 0.231. The summed E-state index contributed by atoms with van der Waals surface area (Å²) in [6.45, 7) is 8.13. The van der Waals surface area contributed by atoms with Gasteiger partial charge < -0.3 is 15.8 Å². The molecule has 0 aliphatic heterocycles. The topological polar surface area (TPSA) is 47.3 Å². The highest BCUT2D eigenvalue weighted by atomic mass is 32.2. The van der Waals surface area contributed by atoms with Crippen LogP contribution in [0, 0.1) is 5.82 Å². The number of ether oxygens (including phenoxy) is 1. The normalized spacial score (nSPS) is 10.5. The summed E-state index contributed by atoms with van der Waals surface area (Å²) in [5.41, 5.74) is 6.88. The van der Waals surface area contributed by atoms with E-state index in [0.717, 1.165) is 18.1 Å². The summed E-state index contributed by atoms with van der Waals surface area (Å²) in [6, 6.07) is 2.90. The zero-order chi connectivity index (χ0) is 14.3. The minimum atomic E-state index is -0.433. The van der Waals surface area contributed by atoms with E-state index in [9.17, 15) is 4.39 Å². The number of hydrogen-bond donors (Lipinski definition) is 2. The Morgan fingerprint density at radius 2 is 2.26 bits per heavy atom. The fraction of sp³-hybridized carbons (Fsp3) is 0.429. The van der Waals surface area contributed by atoms with E-state index < -0.39 is 5.82 Å². The molecule has 106 valence electrons. The average Bonchev–Trinajstić information content (AvgIpc) is 2.33. The van der Waals surface area contributed by atoms with Crippen LogP contribution in [0.3, 0.4) is 0 Å². The van der Waals surface area contributed by atoms with Crippen LogP contribution in [0.4, 0.5) is 15.8 Å². The number of hydrogen-bond acceptors (Lipinski definition) is 4. The standard InChI is InChI=1S/C14H21FN2OS/c1-4-6-19-7-5-17-13-9-14(18-10(2)3)11(15)8-12(13)16/h4,8-10,17H,1,5-7,16H2,2-3H3. The zero-order valence-electron chi connectivity index (χ0n) is 11.4. The van der Waals surface area contributed by atoms with Crippen molar-refractivity contribution in [3.8, 4) is 5.75 Å². The molecule has 0 fully saturated rings. The Bertz CT molecular complexity index is 424. The SMILES string of the molecule is C=CCSCCNc1cc(OC(C)C)c(F)cc1N. The maximum Gasteiger partial charge on any atom is 0.167 e. The molecule has 5 heteroatoms. The smallest absolute Gasteiger partial charge is 0.167 e. The number of benzene rings is 1. The zero-order valence-corrected chi connectivity index (χ0v) is 12.2. The lowest BCUT2D eigenvalue weighted by Crippen LogP contribution is -2.10. The number of nitrogen functional groups attached to an aromatic ring is 1. The van der Waals surface area contributed by atoms with E-state index in [1.165, 1.54) is 6.07 Å². The van der Waals surface area contributed by atoms with Gasteiger partial charge in [-0.3, -0.25) is 0 Å². The van der Waals surface area contributed by atoms with Crippen molar-refractivity contribution in [2.45, 2.75) is 20.0 Å². The van der Waals surface area contributed by atoms with Gasteiger partial charge in [0.05, 0.1) is 17.5 Å². The van der Waals surface area contributed by atoms with E-state index >= 15 is 0 Å². The van der Waals surface area contributed by atoms with E-state index in [-0.39, 0.29) is 11.9 Å². The third-order valence-corrected chi connectivity index (χ3v) is 3.23. The Hall–Kier alpha value is -1.36. The molecule has 0 bridgehead atoms. The van der Waals surface area contributed by atoms with Crippen molar-refractivity contribution in [3.63, 3.8) is 0 Å². The number of nitrogens with one attached hydrogen (secondary N) is 1. The second kappa shape index (κ2) is 7.94. The van der Waals surface area contributed by atoms with E-state index in [4.69, 9.17) is 10.5 Å². The molecule has 0 heterocycles. The molecule has 0 saturated carbocycles. The lowest BCUT2D eigenvalue weighted by atomic mass is 10.2. The molecule has 1 rings (SSSR count). The molecule has 0 saturated heterocycles. The Morgan fingerprint density at radius 3 is 2.89 bits per heavy atom. The summed E-state index contributed by atoms with van der Waals surface area (Å²) in [7, 11) is 0. The number of anilines is 2. The lowest BCUT2D eigenvalue weighted by Gasteiger charge is -2.15. The number of thioether (sulfide) groups is 1. The van der Waals surface area contributed by atoms with Crippen LogP contribution in [0.1, 0.15) is 13.8 Å². The van der Waals surface area contributed by atoms with E-state index in [1.807, 2.05) is 19.9 Å². The first-order valence-electron chi connectivity index (χ1n) is 6.22. The molecule has 0 amide bonds. The largest absolute Gasteiger partial charge is 0.488 e. The molecule has 3 nitrogen and oxygen atoms in total. The second-order valence-electron chi connectivity index (χ2n) is 4.33. The quantitative estimate of drug-likeness (QED) is 0.435. The van der Waals surface area contributed by atoms with Gasteiger partial charge in [-0.1, -0.05) is 6.08 Å². The third-order valence-electron chi connectivity index (χ3n) is 2.26. The molecule has 0 spiro atoms. The summed E-state index contributed by atoms with van der Waals surface area (Å²) in [5.74, 6) is 1.65. The fourth-order valence-corrected chi connectivity index (χ4v) is 2.07. The number of nitrogens with two attached hydrogens (primary N) is 1. The van der Waals surface area contributed by atoms with Crippen LogP contribution >= 0.6 is 11.8 Å². The number of rotatable bonds is 8. The molecule has 0 radical (unpaired) electrons. The highest BCUT2D eigenvalue weighted by Gasteiger charge is 2.10. The predicted molar refractivity (Wildman–Crippen MR) is 82.6 cm³/mol. The van der Waals surface area contributed by atoms with Gasteiger partial charge in [0.15, 0.2) is 11.6 Å². The third kappa shape index (κ3) is 5.42. The Morgan fingerprint density at radius 1 is 1.53 bits per heavy atom. The van der Waals surface area contributed by atoms with E-state index in [1.54, 1.807) is 17.8 Å². The van der Waals surface area contributed by atoms with Crippen LogP contribution < -0.4 is 15.8 Å². The van der Waals surface area contributed by atoms with Crippen molar-refractivity contribution >= 4 is 23.1 Å². The molecule has 1 aromatic rings. The van der Waals surface area contributed by atoms with E-state index in [0.29, 0.717) is 11.4 Å². The fourth-order valence-electron chi connectivity index (χ4n) is 1.49. The first kappa shape index (κ1) is 15.7. The summed E-state index contributed by atoms with van der Waals surface area (Å²) < 4.78 is 19.0. The minimum absolute atomic E-state index is 0.0749. The van der Waals surface area contributed by atoms with Gasteiger partial charge in [0, 0.05) is 30.2 Å². The van der Waals surface area contributed by atoms with Crippen molar-refractivity contribution in [2.24, 2.45) is 0 Å². The van der Waals surface area contributed by atoms with Crippen molar-refractivity contribution in [1.29, 1.82) is 0 Å². The van der Waals surface area contributed by atoms with Crippen LogP contribution in [0.25, 0.3) is 0 Å². The average molecular weight is 284 g/mol. The molecule has 3 N–H and O–H groups in total. The van der Waals surface area contributed by atoms with Crippen LogP contribution in [0.5, 0.6) is 5.75 Å². The maximum absolute atomic E-state index is 13.6. The predicted octanol–water partition coefficient (Wildman–Crippen LogP) is 3.53. The second-order valence-corrected chi connectivity index (χ2v) is 5.48. The van der Waals surface area contributed by atoms with Crippen molar-refractivity contribution < 1.29 is 9.13 Å². The van der Waals surface area contributed by atoms with Crippen molar-refractivity contribution in [1.82, 2.24) is 0 Å². The highest BCUT2D eigenvalue weighted by Crippen LogP contribution is 2.28. The van der Waals surface area contributed by atoms with Crippen LogP contribution in [0.15, 0.2) is 24.8 Å². The Kier molecular flexibility index (Phi) is 6.56. The molecule has 0 aromatic heterocycles. The van der Waals surface area contributed by atoms with Gasteiger partial charge >= 0.3 is 0 Å². The molecule has 0 unspecified atom stereocenters. The monoisotopic (exact) mass is 284 g/mol. The van der Waals surface area contributed by atoms with Crippen molar-refractivity contribution in [3.05, 3.63) is 30.6 Å². The number of halogens is 1. The van der Waals surface area contributed by atoms with Crippen LogP contribution in [-0.4, -0.2) is 24.2 Å². The van der Waals surface area contributed by atoms with Crippen LogP contribution in [-0.2, 0) is 0 Å². The molecule has 0 aliphatic rings. The van der Waals surface area contributed by atoms with Gasteiger partial charge in [-0.25, -0.2) is 4.39 Å². The highest BCUT2D eigenvalue weighted by molar-refractivity contribution is 7.99.